The molecule has 2 aromatic rings. The molecule has 0 saturated heterocycles. The van der Waals surface area contributed by atoms with Crippen LogP contribution in [-0.4, -0.2) is 15.0 Å². The van der Waals surface area contributed by atoms with Crippen LogP contribution in [0.15, 0.2) is 43.0 Å². The lowest BCUT2D eigenvalue weighted by atomic mass is 10.0. The molecule has 0 radical (unpaired) electrons. The molecule has 3 heteroatoms. The van der Waals surface area contributed by atoms with Gasteiger partial charge >= 0.3 is 0 Å². The van der Waals surface area contributed by atoms with E-state index in [1.807, 2.05) is 18.2 Å². The van der Waals surface area contributed by atoms with Crippen molar-refractivity contribution >= 4 is 0 Å². The fourth-order valence-electron chi connectivity index (χ4n) is 1.36. The average molecular weight is 185 g/mol. The van der Waals surface area contributed by atoms with Crippen LogP contribution in [-0.2, 0) is 0 Å². The first-order valence-corrected chi connectivity index (χ1v) is 4.55. The molecule has 1 atom stereocenters. The minimum Gasteiger partial charge on any atom is -0.225 e. The lowest BCUT2D eigenvalue weighted by molar-refractivity contribution is 0.796. The molecule has 70 valence electrons. The molecule has 0 saturated carbocycles. The fraction of sp³-hybridized carbons (Fsp3) is 0.182. The molecule has 0 N–H and O–H groups in total. The second-order valence-corrected chi connectivity index (χ2v) is 3.13. The minimum atomic E-state index is 0.221. The van der Waals surface area contributed by atoms with Crippen LogP contribution in [0.4, 0.5) is 0 Å². The Morgan fingerprint density at radius 2 is 1.64 bits per heavy atom. The van der Waals surface area contributed by atoms with E-state index >= 15 is 0 Å². The summed E-state index contributed by atoms with van der Waals surface area (Å²) in [4.78, 5) is 12.1. The zero-order valence-electron chi connectivity index (χ0n) is 7.96. The molecule has 1 aromatic heterocycles. The largest absolute Gasteiger partial charge is 0.225 e. The van der Waals surface area contributed by atoms with Gasteiger partial charge in [0.2, 0.25) is 0 Å². The van der Waals surface area contributed by atoms with Crippen LogP contribution >= 0.6 is 0 Å². The van der Waals surface area contributed by atoms with Crippen molar-refractivity contribution in [3.63, 3.8) is 0 Å². The molecule has 1 heterocycles. The highest BCUT2D eigenvalue weighted by Crippen LogP contribution is 2.19. The maximum absolute atomic E-state index is 4.13. The van der Waals surface area contributed by atoms with Crippen LogP contribution in [0, 0.1) is 0 Å². The predicted octanol–water partition coefficient (Wildman–Crippen LogP) is 2.02. The maximum Gasteiger partial charge on any atom is 0.139 e. The molecule has 1 aromatic carbocycles. The van der Waals surface area contributed by atoms with Gasteiger partial charge < -0.3 is 0 Å². The second-order valence-electron chi connectivity index (χ2n) is 3.13. The summed E-state index contributed by atoms with van der Waals surface area (Å²) in [7, 11) is 0. The van der Waals surface area contributed by atoms with Crippen LogP contribution < -0.4 is 0 Å². The number of aromatic nitrogens is 3. The Bertz CT molecular complexity index is 346. The Kier molecular flexibility index (Phi) is 2.49. The van der Waals surface area contributed by atoms with E-state index in [2.05, 4.69) is 34.0 Å². The highest BCUT2D eigenvalue weighted by Gasteiger charge is 2.09. The third kappa shape index (κ3) is 1.76. The maximum atomic E-state index is 4.13. The lowest BCUT2D eigenvalue weighted by Crippen LogP contribution is -2.01. The summed E-state index contributed by atoms with van der Waals surface area (Å²) in [5, 5.41) is 0. The van der Waals surface area contributed by atoms with E-state index in [4.69, 9.17) is 0 Å². The van der Waals surface area contributed by atoms with Gasteiger partial charge in [-0.3, -0.25) is 0 Å². The summed E-state index contributed by atoms with van der Waals surface area (Å²) in [6.45, 7) is 2.09. The molecule has 0 aliphatic rings. The number of benzene rings is 1. The molecular weight excluding hydrogens is 174 g/mol. The molecular formula is C11H11N3. The van der Waals surface area contributed by atoms with Gasteiger partial charge in [-0.05, 0) is 5.56 Å². The number of hydrogen-bond donors (Lipinski definition) is 0. The normalized spacial score (nSPS) is 12.4. The first-order valence-electron chi connectivity index (χ1n) is 4.55. The Morgan fingerprint density at radius 1 is 1.00 bits per heavy atom. The van der Waals surface area contributed by atoms with Crippen molar-refractivity contribution in [1.82, 2.24) is 15.0 Å². The quantitative estimate of drug-likeness (QED) is 0.718. The van der Waals surface area contributed by atoms with Crippen LogP contribution in [0.1, 0.15) is 24.2 Å². The Balaban J connectivity index is 2.30. The van der Waals surface area contributed by atoms with Crippen LogP contribution in [0.2, 0.25) is 0 Å². The summed E-state index contributed by atoms with van der Waals surface area (Å²) >= 11 is 0. The van der Waals surface area contributed by atoms with E-state index in [0.717, 1.165) is 5.82 Å². The van der Waals surface area contributed by atoms with E-state index in [1.54, 1.807) is 0 Å². The van der Waals surface area contributed by atoms with E-state index in [-0.39, 0.29) is 5.92 Å². The van der Waals surface area contributed by atoms with Gasteiger partial charge in [0.1, 0.15) is 18.5 Å². The zero-order chi connectivity index (χ0) is 9.80. The van der Waals surface area contributed by atoms with Gasteiger partial charge in [0.05, 0.1) is 0 Å². The van der Waals surface area contributed by atoms with Crippen molar-refractivity contribution in [2.24, 2.45) is 0 Å². The van der Waals surface area contributed by atoms with Gasteiger partial charge in [-0.1, -0.05) is 37.3 Å². The van der Waals surface area contributed by atoms with Gasteiger partial charge in [0, 0.05) is 5.92 Å². The summed E-state index contributed by atoms with van der Waals surface area (Å²) < 4.78 is 0. The predicted molar refractivity (Wildman–Crippen MR) is 53.8 cm³/mol. The van der Waals surface area contributed by atoms with Crippen molar-refractivity contribution in [2.45, 2.75) is 12.8 Å². The molecule has 0 spiro atoms. The van der Waals surface area contributed by atoms with Crippen molar-refractivity contribution in [3.05, 3.63) is 54.4 Å². The first-order chi connectivity index (χ1) is 6.88. The molecule has 0 amide bonds. The first kappa shape index (κ1) is 8.81. The van der Waals surface area contributed by atoms with Crippen LogP contribution in [0.3, 0.4) is 0 Å². The van der Waals surface area contributed by atoms with Gasteiger partial charge in [-0.25, -0.2) is 15.0 Å². The summed E-state index contributed by atoms with van der Waals surface area (Å²) in [6.07, 6.45) is 3.06. The van der Waals surface area contributed by atoms with Gasteiger partial charge in [-0.15, -0.1) is 0 Å². The topological polar surface area (TPSA) is 38.7 Å². The molecule has 0 aliphatic carbocycles. The lowest BCUT2D eigenvalue weighted by Gasteiger charge is -2.08. The van der Waals surface area contributed by atoms with Gasteiger partial charge in [-0.2, -0.15) is 0 Å². The number of hydrogen-bond acceptors (Lipinski definition) is 3. The smallest absolute Gasteiger partial charge is 0.139 e. The summed E-state index contributed by atoms with van der Waals surface area (Å²) in [5.41, 5.74) is 1.22. The second kappa shape index (κ2) is 3.96. The minimum absolute atomic E-state index is 0.221. The van der Waals surface area contributed by atoms with Gasteiger partial charge in [0.15, 0.2) is 0 Å². The fourth-order valence-corrected chi connectivity index (χ4v) is 1.36. The monoisotopic (exact) mass is 185 g/mol. The summed E-state index contributed by atoms with van der Waals surface area (Å²) in [6, 6.07) is 10.2. The van der Waals surface area contributed by atoms with Crippen molar-refractivity contribution in [1.29, 1.82) is 0 Å². The highest BCUT2D eigenvalue weighted by molar-refractivity contribution is 5.23. The third-order valence-electron chi connectivity index (χ3n) is 2.20. The Morgan fingerprint density at radius 3 is 2.29 bits per heavy atom. The summed E-state index contributed by atoms with van der Waals surface area (Å²) in [5.74, 6) is 1.03. The highest BCUT2D eigenvalue weighted by atomic mass is 15.0. The average Bonchev–Trinajstić information content (AvgIpc) is 2.30. The van der Waals surface area contributed by atoms with Crippen molar-refractivity contribution in [2.75, 3.05) is 0 Å². The molecule has 0 fully saturated rings. The SMILES string of the molecule is C[C@H](c1ccccc1)c1ncncn1. The van der Waals surface area contributed by atoms with E-state index in [9.17, 15) is 0 Å². The Hall–Kier alpha value is -1.77. The van der Waals surface area contributed by atoms with E-state index in [1.165, 1.54) is 18.2 Å². The van der Waals surface area contributed by atoms with Crippen LogP contribution in [0.5, 0.6) is 0 Å². The molecule has 0 aliphatic heterocycles. The van der Waals surface area contributed by atoms with Crippen LogP contribution in [0.25, 0.3) is 0 Å². The number of nitrogens with zero attached hydrogens (tertiary/aromatic N) is 3. The number of rotatable bonds is 2. The molecule has 0 bridgehead atoms. The van der Waals surface area contributed by atoms with Crippen molar-refractivity contribution in [3.8, 4) is 0 Å². The van der Waals surface area contributed by atoms with E-state index < -0.39 is 0 Å². The van der Waals surface area contributed by atoms with Crippen molar-refractivity contribution < 1.29 is 0 Å². The third-order valence-corrected chi connectivity index (χ3v) is 2.20. The molecule has 3 nitrogen and oxygen atoms in total. The zero-order valence-corrected chi connectivity index (χ0v) is 7.96. The van der Waals surface area contributed by atoms with E-state index in [0.29, 0.717) is 0 Å². The Labute approximate surface area is 82.9 Å². The molecule has 14 heavy (non-hydrogen) atoms. The standard InChI is InChI=1S/C11H11N3/c1-9(10-5-3-2-4-6-10)11-13-7-12-8-14-11/h2-9H,1H3/t9-/m1/s1. The molecule has 0 unspecified atom stereocenters. The molecule has 2 rings (SSSR count). The van der Waals surface area contributed by atoms with Gasteiger partial charge in [0.25, 0.3) is 0 Å².